The molecule has 0 radical (unpaired) electrons. The third-order valence-electron chi connectivity index (χ3n) is 6.54. The van der Waals surface area contributed by atoms with Gasteiger partial charge in [0.25, 0.3) is 10.0 Å². The summed E-state index contributed by atoms with van der Waals surface area (Å²) in [5, 5.41) is 11.5. The monoisotopic (exact) mass is 598 g/mol. The van der Waals surface area contributed by atoms with E-state index in [0.29, 0.717) is 17.2 Å². The number of alkyl halides is 3. The lowest BCUT2D eigenvalue weighted by Crippen LogP contribution is -2.21. The summed E-state index contributed by atoms with van der Waals surface area (Å²) in [5.74, 6) is -2.04. The molecule has 2 aromatic heterocycles. The van der Waals surface area contributed by atoms with Gasteiger partial charge in [0.1, 0.15) is 0 Å². The molecule has 4 rings (SSSR count). The van der Waals surface area contributed by atoms with Crippen LogP contribution in [0, 0.1) is 33.6 Å². The van der Waals surface area contributed by atoms with Gasteiger partial charge in [0.2, 0.25) is 0 Å². The van der Waals surface area contributed by atoms with E-state index in [1.807, 2.05) is 45.9 Å². The number of hydrogen-bond acceptors (Lipinski definition) is 7. The van der Waals surface area contributed by atoms with E-state index in [1.165, 1.54) is 32.1 Å². The fourth-order valence-electron chi connectivity index (χ4n) is 4.40. The van der Waals surface area contributed by atoms with Gasteiger partial charge in [-0.15, -0.1) is 0 Å². The Balaban J connectivity index is 0.000000559. The number of carbonyl (C=O) groups is 1. The number of sulfonamides is 1. The maximum Gasteiger partial charge on any atom is 0.490 e. The zero-order valence-electron chi connectivity index (χ0n) is 22.7. The molecule has 40 heavy (non-hydrogen) atoms. The number of benzene rings is 1. The van der Waals surface area contributed by atoms with Gasteiger partial charge in [0.15, 0.2) is 5.13 Å². The van der Waals surface area contributed by atoms with Crippen LogP contribution in [0.1, 0.15) is 54.6 Å². The van der Waals surface area contributed by atoms with E-state index in [2.05, 4.69) is 15.0 Å². The Labute approximate surface area is 236 Å². The standard InChI is InChI=1S/C25H32N4O2S2.C2HF3O2/c1-16-10-11-21(13-23(16)33(30,31)29-22-15-26-18(3)12-17(22)2)24-19(4)28-25(32-24)27-14-20-8-6-5-7-9-20;3-2(4,5)1(6)7/h10-13,15,20,29H,5-9,14H2,1-4H3,(H,27,28);(H,6,7). The Bertz CT molecular complexity index is 1450. The number of aryl methyl sites for hydroxylation is 4. The maximum absolute atomic E-state index is 13.2. The lowest BCUT2D eigenvalue weighted by Gasteiger charge is -2.21. The molecule has 3 aromatic rings. The Morgan fingerprint density at radius 3 is 2.33 bits per heavy atom. The smallest absolute Gasteiger partial charge is 0.475 e. The summed E-state index contributed by atoms with van der Waals surface area (Å²) in [6, 6.07) is 7.45. The fraction of sp³-hybridized carbons (Fsp3) is 0.444. The average molecular weight is 599 g/mol. The van der Waals surface area contributed by atoms with Gasteiger partial charge in [-0.3, -0.25) is 9.71 Å². The zero-order valence-corrected chi connectivity index (χ0v) is 24.4. The first-order valence-electron chi connectivity index (χ1n) is 12.8. The van der Waals surface area contributed by atoms with Gasteiger partial charge in [-0.2, -0.15) is 13.2 Å². The minimum absolute atomic E-state index is 0.268. The van der Waals surface area contributed by atoms with Crippen LogP contribution in [0.3, 0.4) is 0 Å². The van der Waals surface area contributed by atoms with Crippen molar-refractivity contribution in [1.29, 1.82) is 0 Å². The molecule has 13 heteroatoms. The third-order valence-corrected chi connectivity index (χ3v) is 9.21. The van der Waals surface area contributed by atoms with Crippen LogP contribution in [0.4, 0.5) is 24.0 Å². The number of carboxylic acid groups (broad SMARTS) is 1. The van der Waals surface area contributed by atoms with Crippen molar-refractivity contribution in [3.8, 4) is 10.4 Å². The number of hydrogen-bond donors (Lipinski definition) is 3. The summed E-state index contributed by atoms with van der Waals surface area (Å²) in [5.41, 5.74) is 4.65. The second kappa shape index (κ2) is 13.0. The van der Waals surface area contributed by atoms with Crippen LogP contribution in [0.15, 0.2) is 35.4 Å². The van der Waals surface area contributed by atoms with Crippen molar-refractivity contribution in [2.75, 3.05) is 16.6 Å². The van der Waals surface area contributed by atoms with E-state index in [9.17, 15) is 21.6 Å². The number of nitrogens with one attached hydrogen (secondary N) is 2. The Hall–Kier alpha value is -3.19. The highest BCUT2D eigenvalue weighted by atomic mass is 32.2. The number of nitrogens with zero attached hydrogens (tertiary/aromatic N) is 2. The molecule has 2 heterocycles. The van der Waals surface area contributed by atoms with Crippen molar-refractivity contribution >= 4 is 38.1 Å². The molecular weight excluding hydrogens is 565 g/mol. The van der Waals surface area contributed by atoms with Gasteiger partial charge in [-0.05, 0) is 75.3 Å². The zero-order chi connectivity index (χ0) is 29.7. The van der Waals surface area contributed by atoms with E-state index >= 15 is 0 Å². The largest absolute Gasteiger partial charge is 0.490 e. The predicted molar refractivity (Wildman–Crippen MR) is 150 cm³/mol. The van der Waals surface area contributed by atoms with Gasteiger partial charge in [0, 0.05) is 12.2 Å². The second-order valence-corrected chi connectivity index (χ2v) is 12.5. The molecule has 0 saturated heterocycles. The Kier molecular flexibility index (Phi) is 10.2. The number of anilines is 2. The molecule has 3 N–H and O–H groups in total. The van der Waals surface area contributed by atoms with Crippen LogP contribution in [0.5, 0.6) is 0 Å². The van der Waals surface area contributed by atoms with Crippen molar-refractivity contribution in [1.82, 2.24) is 9.97 Å². The minimum Gasteiger partial charge on any atom is -0.475 e. The van der Waals surface area contributed by atoms with Crippen LogP contribution in [-0.2, 0) is 14.8 Å². The van der Waals surface area contributed by atoms with E-state index in [1.54, 1.807) is 23.6 Å². The first-order valence-corrected chi connectivity index (χ1v) is 15.1. The lowest BCUT2D eigenvalue weighted by molar-refractivity contribution is -0.192. The first kappa shape index (κ1) is 31.3. The number of aliphatic carboxylic acids is 1. The average Bonchev–Trinajstić information content (AvgIpc) is 3.25. The van der Waals surface area contributed by atoms with Gasteiger partial charge in [-0.25, -0.2) is 18.2 Å². The van der Waals surface area contributed by atoms with Gasteiger partial charge in [0.05, 0.1) is 27.4 Å². The molecule has 0 unspecified atom stereocenters. The van der Waals surface area contributed by atoms with Gasteiger partial charge >= 0.3 is 12.1 Å². The maximum atomic E-state index is 13.2. The highest BCUT2D eigenvalue weighted by Crippen LogP contribution is 2.35. The molecule has 1 fully saturated rings. The molecule has 1 aliphatic rings. The summed E-state index contributed by atoms with van der Waals surface area (Å²) < 4.78 is 60.9. The fourth-order valence-corrected chi connectivity index (χ4v) is 6.75. The Morgan fingerprint density at radius 1 is 1.07 bits per heavy atom. The summed E-state index contributed by atoms with van der Waals surface area (Å²) in [6.45, 7) is 8.50. The molecule has 1 aliphatic carbocycles. The predicted octanol–water partition coefficient (Wildman–Crippen LogP) is 6.87. The number of thiazole rings is 1. The molecule has 0 bridgehead atoms. The number of pyridine rings is 1. The van der Waals surface area contributed by atoms with Crippen LogP contribution >= 0.6 is 11.3 Å². The number of carboxylic acids is 1. The van der Waals surface area contributed by atoms with Crippen molar-refractivity contribution in [3.05, 3.63) is 53.0 Å². The first-order chi connectivity index (χ1) is 18.7. The van der Waals surface area contributed by atoms with E-state index in [4.69, 9.17) is 14.9 Å². The number of halogens is 3. The molecular formula is C27H33F3N4O4S2. The summed E-state index contributed by atoms with van der Waals surface area (Å²) in [4.78, 5) is 19.1. The lowest BCUT2D eigenvalue weighted by atomic mass is 9.89. The summed E-state index contributed by atoms with van der Waals surface area (Å²) >= 11 is 1.59. The SMILES string of the molecule is Cc1cc(C)c(NS(=O)(=O)c2cc(-c3sc(NCC4CCCCC4)nc3C)ccc2C)cn1.O=C(O)C(F)(F)F. The normalized spacial score (nSPS) is 14.3. The second-order valence-electron chi connectivity index (χ2n) is 9.85. The highest BCUT2D eigenvalue weighted by molar-refractivity contribution is 7.92. The van der Waals surface area contributed by atoms with E-state index in [0.717, 1.165) is 39.1 Å². The molecule has 0 amide bonds. The van der Waals surface area contributed by atoms with Crippen LogP contribution < -0.4 is 10.0 Å². The van der Waals surface area contributed by atoms with E-state index < -0.39 is 22.2 Å². The van der Waals surface area contributed by atoms with Crippen LogP contribution in [0.2, 0.25) is 0 Å². The molecule has 1 saturated carbocycles. The quantitative estimate of drug-likeness (QED) is 0.272. The van der Waals surface area contributed by atoms with Crippen LogP contribution in [0.25, 0.3) is 10.4 Å². The molecule has 8 nitrogen and oxygen atoms in total. The number of aromatic nitrogens is 2. The van der Waals surface area contributed by atoms with E-state index in [-0.39, 0.29) is 4.90 Å². The molecule has 218 valence electrons. The van der Waals surface area contributed by atoms with Crippen molar-refractivity contribution in [2.24, 2.45) is 5.92 Å². The van der Waals surface area contributed by atoms with Crippen molar-refractivity contribution < 1.29 is 31.5 Å². The topological polar surface area (TPSA) is 121 Å². The van der Waals surface area contributed by atoms with Gasteiger partial charge < -0.3 is 10.4 Å². The number of rotatable bonds is 7. The summed E-state index contributed by atoms with van der Waals surface area (Å²) in [7, 11) is -3.76. The van der Waals surface area contributed by atoms with Crippen molar-refractivity contribution in [3.63, 3.8) is 0 Å². The summed E-state index contributed by atoms with van der Waals surface area (Å²) in [6.07, 6.45) is 3.05. The molecule has 0 spiro atoms. The molecule has 1 aromatic carbocycles. The van der Waals surface area contributed by atoms with Gasteiger partial charge in [-0.1, -0.05) is 42.7 Å². The molecule has 0 aliphatic heterocycles. The third kappa shape index (κ3) is 8.40. The van der Waals surface area contributed by atoms with Crippen molar-refractivity contribution in [2.45, 2.75) is 70.9 Å². The Morgan fingerprint density at radius 2 is 1.73 bits per heavy atom. The highest BCUT2D eigenvalue weighted by Gasteiger charge is 2.38. The van der Waals surface area contributed by atoms with Crippen LogP contribution in [-0.4, -0.2) is 42.2 Å². The molecule has 0 atom stereocenters. The minimum atomic E-state index is -5.08.